The van der Waals surface area contributed by atoms with Gasteiger partial charge in [0.25, 0.3) is 0 Å². The summed E-state index contributed by atoms with van der Waals surface area (Å²) in [4.78, 5) is 2.08. The van der Waals surface area contributed by atoms with Crippen molar-refractivity contribution in [3.63, 3.8) is 0 Å². The first kappa shape index (κ1) is 25.2. The van der Waals surface area contributed by atoms with Crippen LogP contribution in [0, 0.1) is 0 Å². The van der Waals surface area contributed by atoms with Crippen LogP contribution in [0.2, 0.25) is 0 Å². The van der Waals surface area contributed by atoms with Crippen LogP contribution < -0.4 is 9.47 Å². The molecule has 0 fully saturated rings. The summed E-state index contributed by atoms with van der Waals surface area (Å²) in [5.74, 6) is 1.87. The lowest BCUT2D eigenvalue weighted by molar-refractivity contribution is 0.250. The third-order valence-electron chi connectivity index (χ3n) is 5.70. The number of rotatable bonds is 11. The highest BCUT2D eigenvalue weighted by Crippen LogP contribution is 2.39. The van der Waals surface area contributed by atoms with Gasteiger partial charge in [0.15, 0.2) is 11.5 Å². The monoisotopic (exact) mass is 461 g/mol. The minimum absolute atomic E-state index is 0.227. The van der Waals surface area contributed by atoms with Crippen molar-refractivity contribution in [2.45, 2.75) is 26.2 Å². The molecule has 0 saturated carbocycles. The van der Waals surface area contributed by atoms with Crippen LogP contribution in [0.5, 0.6) is 23.0 Å². The van der Waals surface area contributed by atoms with Gasteiger partial charge < -0.3 is 24.6 Å². The quantitative estimate of drug-likeness (QED) is 0.333. The molecule has 0 aliphatic rings. The molecule has 34 heavy (non-hydrogen) atoms. The fraction of sp³-hybridized carbons (Fsp3) is 0.310. The number of phenols is 2. The van der Waals surface area contributed by atoms with Gasteiger partial charge >= 0.3 is 0 Å². The van der Waals surface area contributed by atoms with E-state index in [1.807, 2.05) is 50.5 Å². The highest BCUT2D eigenvalue weighted by Gasteiger charge is 2.17. The van der Waals surface area contributed by atoms with E-state index in [0.29, 0.717) is 12.4 Å². The van der Waals surface area contributed by atoms with Crippen molar-refractivity contribution >= 4 is 11.1 Å². The van der Waals surface area contributed by atoms with Crippen LogP contribution in [0.25, 0.3) is 11.1 Å². The zero-order valence-electron chi connectivity index (χ0n) is 20.5. The molecule has 5 nitrogen and oxygen atoms in total. The molecule has 0 bridgehead atoms. The van der Waals surface area contributed by atoms with E-state index in [-0.39, 0.29) is 11.5 Å². The van der Waals surface area contributed by atoms with E-state index >= 15 is 0 Å². The standard InChI is InChI=1S/C29H35NO4/c1-5-6-7-26(23-12-17-27(28(20-23)33-4)34-19-18-30(2)3)29(21-8-13-24(31)14-9-21)22-10-15-25(32)16-11-22/h8-17,20,31-32H,5-7,18-19H2,1-4H3. The zero-order chi connectivity index (χ0) is 24.5. The van der Waals surface area contributed by atoms with Gasteiger partial charge in [0.1, 0.15) is 18.1 Å². The van der Waals surface area contributed by atoms with Crippen LogP contribution >= 0.6 is 0 Å². The van der Waals surface area contributed by atoms with E-state index in [1.54, 1.807) is 31.4 Å². The molecule has 180 valence electrons. The van der Waals surface area contributed by atoms with Crippen molar-refractivity contribution in [1.82, 2.24) is 4.90 Å². The molecule has 5 heteroatoms. The molecule has 3 aromatic rings. The Bertz CT molecular complexity index is 1040. The lowest BCUT2D eigenvalue weighted by Gasteiger charge is -2.19. The van der Waals surface area contributed by atoms with Gasteiger partial charge in [-0.05, 0) is 91.2 Å². The van der Waals surface area contributed by atoms with Crippen molar-refractivity contribution in [2.24, 2.45) is 0 Å². The number of nitrogens with zero attached hydrogens (tertiary/aromatic N) is 1. The van der Waals surface area contributed by atoms with Crippen LogP contribution in [0.3, 0.4) is 0 Å². The number of hydrogen-bond donors (Lipinski definition) is 2. The highest BCUT2D eigenvalue weighted by atomic mass is 16.5. The number of likely N-dealkylation sites (N-methyl/N-ethyl adjacent to an activating group) is 1. The molecule has 3 rings (SSSR count). The van der Waals surface area contributed by atoms with Crippen LogP contribution in [-0.4, -0.2) is 49.5 Å². The number of methoxy groups -OCH3 is 1. The molecule has 0 unspecified atom stereocenters. The Hall–Kier alpha value is -3.44. The molecule has 0 saturated heterocycles. The van der Waals surface area contributed by atoms with Gasteiger partial charge in [-0.15, -0.1) is 0 Å². The molecule has 0 radical (unpaired) electrons. The Morgan fingerprint density at radius 2 is 1.35 bits per heavy atom. The number of allylic oxidation sites excluding steroid dienone is 1. The highest BCUT2D eigenvalue weighted by molar-refractivity contribution is 5.99. The second-order valence-electron chi connectivity index (χ2n) is 8.57. The second kappa shape index (κ2) is 12.1. The first-order valence-corrected chi connectivity index (χ1v) is 11.7. The van der Waals surface area contributed by atoms with E-state index in [0.717, 1.165) is 53.8 Å². The average Bonchev–Trinajstić information content (AvgIpc) is 2.83. The lowest BCUT2D eigenvalue weighted by atomic mass is 9.87. The minimum atomic E-state index is 0.227. The maximum atomic E-state index is 9.86. The van der Waals surface area contributed by atoms with E-state index in [4.69, 9.17) is 9.47 Å². The van der Waals surface area contributed by atoms with Gasteiger partial charge in [0.2, 0.25) is 0 Å². The van der Waals surface area contributed by atoms with Gasteiger partial charge in [-0.3, -0.25) is 0 Å². The third-order valence-corrected chi connectivity index (χ3v) is 5.70. The summed E-state index contributed by atoms with van der Waals surface area (Å²) < 4.78 is 11.7. The second-order valence-corrected chi connectivity index (χ2v) is 8.57. The molecule has 0 amide bonds. The molecular weight excluding hydrogens is 426 g/mol. The average molecular weight is 462 g/mol. The molecule has 3 aromatic carbocycles. The number of hydrogen-bond acceptors (Lipinski definition) is 5. The van der Waals surface area contributed by atoms with Crippen molar-refractivity contribution in [2.75, 3.05) is 34.4 Å². The lowest BCUT2D eigenvalue weighted by Crippen LogP contribution is -2.19. The SMILES string of the molecule is CCCCC(=C(c1ccc(O)cc1)c1ccc(O)cc1)c1ccc(OCCN(C)C)c(OC)c1. The molecule has 0 aliphatic heterocycles. The zero-order valence-corrected chi connectivity index (χ0v) is 20.5. The maximum Gasteiger partial charge on any atom is 0.161 e. The summed E-state index contributed by atoms with van der Waals surface area (Å²) in [7, 11) is 5.69. The molecule has 0 aliphatic carbocycles. The van der Waals surface area contributed by atoms with Gasteiger partial charge in [0.05, 0.1) is 7.11 Å². The predicted molar refractivity (Wildman–Crippen MR) is 139 cm³/mol. The Morgan fingerprint density at radius 1 is 0.794 bits per heavy atom. The molecule has 0 atom stereocenters. The number of ether oxygens (including phenoxy) is 2. The number of phenolic OH excluding ortho intramolecular Hbond substituents is 2. The maximum absolute atomic E-state index is 9.86. The fourth-order valence-corrected chi connectivity index (χ4v) is 3.85. The van der Waals surface area contributed by atoms with Gasteiger partial charge in [-0.1, -0.05) is 43.7 Å². The Labute approximate surface area is 202 Å². The van der Waals surface area contributed by atoms with Crippen LogP contribution in [0.4, 0.5) is 0 Å². The van der Waals surface area contributed by atoms with Crippen LogP contribution in [0.15, 0.2) is 66.7 Å². The van der Waals surface area contributed by atoms with Crippen LogP contribution in [0.1, 0.15) is 42.9 Å². The Morgan fingerprint density at radius 3 is 1.85 bits per heavy atom. The molecular formula is C29H35NO4. The normalized spacial score (nSPS) is 10.9. The van der Waals surface area contributed by atoms with Crippen molar-refractivity contribution < 1.29 is 19.7 Å². The smallest absolute Gasteiger partial charge is 0.161 e. The number of aromatic hydroxyl groups is 2. The summed E-state index contributed by atoms with van der Waals surface area (Å²) in [5, 5.41) is 19.7. The molecule has 0 heterocycles. The summed E-state index contributed by atoms with van der Waals surface area (Å²) >= 11 is 0. The minimum Gasteiger partial charge on any atom is -0.508 e. The van der Waals surface area contributed by atoms with E-state index in [2.05, 4.69) is 17.9 Å². The largest absolute Gasteiger partial charge is 0.508 e. The summed E-state index contributed by atoms with van der Waals surface area (Å²) in [6.45, 7) is 3.58. The van der Waals surface area contributed by atoms with Gasteiger partial charge in [0, 0.05) is 6.54 Å². The molecule has 2 N–H and O–H groups in total. The van der Waals surface area contributed by atoms with Crippen LogP contribution in [-0.2, 0) is 0 Å². The summed E-state index contributed by atoms with van der Waals surface area (Å²) in [6, 6.07) is 20.6. The number of benzene rings is 3. The topological polar surface area (TPSA) is 62.2 Å². The Kier molecular flexibility index (Phi) is 9.00. The van der Waals surface area contributed by atoms with Crippen molar-refractivity contribution in [3.8, 4) is 23.0 Å². The van der Waals surface area contributed by atoms with E-state index in [9.17, 15) is 10.2 Å². The molecule has 0 aromatic heterocycles. The molecule has 0 spiro atoms. The van der Waals surface area contributed by atoms with E-state index in [1.165, 1.54) is 5.57 Å². The van der Waals surface area contributed by atoms with E-state index < -0.39 is 0 Å². The predicted octanol–water partition coefficient (Wildman–Crippen LogP) is 6.20. The van der Waals surface area contributed by atoms with Crippen molar-refractivity contribution in [3.05, 3.63) is 83.4 Å². The summed E-state index contributed by atoms with van der Waals surface area (Å²) in [5.41, 5.74) is 5.30. The van der Waals surface area contributed by atoms with Gasteiger partial charge in [-0.2, -0.15) is 0 Å². The third kappa shape index (κ3) is 6.55. The van der Waals surface area contributed by atoms with Gasteiger partial charge in [-0.25, -0.2) is 0 Å². The van der Waals surface area contributed by atoms with Crippen molar-refractivity contribution in [1.29, 1.82) is 0 Å². The summed E-state index contributed by atoms with van der Waals surface area (Å²) in [6.07, 6.45) is 2.96. The first-order chi connectivity index (χ1) is 16.4. The Balaban J connectivity index is 2.15. The number of unbranched alkanes of at least 4 members (excludes halogenated alkanes) is 1. The fourth-order valence-electron chi connectivity index (χ4n) is 3.85. The first-order valence-electron chi connectivity index (χ1n) is 11.7.